The highest BCUT2D eigenvalue weighted by atomic mass is 15.2. The Balaban J connectivity index is 0.958. The zero-order valence-electron chi connectivity index (χ0n) is 30.8. The van der Waals surface area contributed by atoms with Gasteiger partial charge in [-0.15, -0.1) is 0 Å². The van der Waals surface area contributed by atoms with E-state index >= 15 is 0 Å². The normalized spacial score (nSPS) is 23.3. The van der Waals surface area contributed by atoms with Crippen LogP contribution >= 0.6 is 0 Å². The first-order valence-electron chi connectivity index (χ1n) is 20.0. The molecule has 0 N–H and O–H groups in total. The van der Waals surface area contributed by atoms with Gasteiger partial charge in [0, 0.05) is 45.6 Å². The number of fused-ring (bicyclic) bond motifs is 4. The standard InChI is InChI=1S/C52H46N2/c1-5-21-45-39(13-1)17-9-25-49(45)53(50-26-10-18-40-14-2-6-22-46(40)50)43-33-29-37(30-34-43)38-31-35-44(36-32-38)54(51-27-11-19-41-15-3-7-23-47(41)51)52-28-12-20-42-16-4-8-24-48(42)52/h1-3,5-6,8-15,17-22,24-29,31,33-39,45H,4,7,16,23,30,32H2. The molecule has 0 radical (unpaired) electrons. The average molecular weight is 699 g/mol. The lowest BCUT2D eigenvalue weighted by atomic mass is 9.80. The number of aryl methyl sites for hydroxylation is 1. The molecule has 0 heterocycles. The number of hydrogen-bond donors (Lipinski definition) is 0. The molecule has 0 amide bonds. The topological polar surface area (TPSA) is 6.48 Å². The van der Waals surface area contributed by atoms with Crippen molar-refractivity contribution in [2.45, 2.75) is 38.5 Å². The Kier molecular flexibility index (Phi) is 8.60. The highest BCUT2D eigenvalue weighted by molar-refractivity contribution is 5.96. The summed E-state index contributed by atoms with van der Waals surface area (Å²) in [6.45, 7) is 0. The molecule has 4 aromatic carbocycles. The molecule has 0 saturated carbocycles. The van der Waals surface area contributed by atoms with E-state index in [1.54, 1.807) is 0 Å². The van der Waals surface area contributed by atoms with E-state index in [0.29, 0.717) is 23.7 Å². The van der Waals surface area contributed by atoms with Crippen LogP contribution in [0.4, 0.5) is 17.1 Å². The van der Waals surface area contributed by atoms with Crippen LogP contribution in [0.3, 0.4) is 0 Å². The number of anilines is 3. The molecule has 4 atom stereocenters. The van der Waals surface area contributed by atoms with Gasteiger partial charge in [-0.1, -0.05) is 146 Å². The maximum absolute atomic E-state index is 2.56. The van der Waals surface area contributed by atoms with Gasteiger partial charge >= 0.3 is 0 Å². The minimum absolute atomic E-state index is 0.302. The second-order valence-electron chi connectivity index (χ2n) is 15.4. The van der Waals surface area contributed by atoms with E-state index < -0.39 is 0 Å². The van der Waals surface area contributed by atoms with Crippen molar-refractivity contribution >= 4 is 40.0 Å². The molecule has 6 aliphatic rings. The van der Waals surface area contributed by atoms with Crippen LogP contribution < -0.4 is 9.80 Å². The zero-order chi connectivity index (χ0) is 35.8. The largest absolute Gasteiger partial charge is 0.313 e. The van der Waals surface area contributed by atoms with E-state index in [9.17, 15) is 0 Å². The molecule has 2 heteroatoms. The van der Waals surface area contributed by atoms with Crippen LogP contribution in [0.5, 0.6) is 0 Å². The minimum atomic E-state index is 0.302. The predicted molar refractivity (Wildman–Crippen MR) is 229 cm³/mol. The molecule has 54 heavy (non-hydrogen) atoms. The summed E-state index contributed by atoms with van der Waals surface area (Å²) in [6, 6.07) is 29.3. The van der Waals surface area contributed by atoms with Gasteiger partial charge < -0.3 is 9.80 Å². The summed E-state index contributed by atoms with van der Waals surface area (Å²) in [5.41, 5.74) is 13.3. The summed E-state index contributed by atoms with van der Waals surface area (Å²) >= 11 is 0. The number of nitrogens with zero attached hydrogens (tertiary/aromatic N) is 2. The monoisotopic (exact) mass is 698 g/mol. The Labute approximate surface area is 320 Å². The van der Waals surface area contributed by atoms with E-state index in [2.05, 4.69) is 192 Å². The summed E-state index contributed by atoms with van der Waals surface area (Å²) in [7, 11) is 0. The van der Waals surface area contributed by atoms with E-state index in [-0.39, 0.29) is 0 Å². The van der Waals surface area contributed by atoms with Crippen LogP contribution in [0.2, 0.25) is 0 Å². The number of benzene rings is 4. The molecule has 0 bridgehead atoms. The van der Waals surface area contributed by atoms with Crippen molar-refractivity contribution in [3.63, 3.8) is 0 Å². The van der Waals surface area contributed by atoms with Crippen LogP contribution in [0.25, 0.3) is 22.9 Å². The maximum Gasteiger partial charge on any atom is 0.0536 e. The number of hydrogen-bond acceptors (Lipinski definition) is 2. The Bertz CT molecular complexity index is 2430. The minimum Gasteiger partial charge on any atom is -0.313 e. The van der Waals surface area contributed by atoms with Gasteiger partial charge in [-0.2, -0.15) is 0 Å². The van der Waals surface area contributed by atoms with Crippen molar-refractivity contribution in [1.82, 2.24) is 0 Å². The number of rotatable bonds is 7. The molecular weight excluding hydrogens is 653 g/mol. The van der Waals surface area contributed by atoms with Gasteiger partial charge in [-0.25, -0.2) is 0 Å². The fourth-order valence-electron chi connectivity index (χ4n) is 9.49. The van der Waals surface area contributed by atoms with Gasteiger partial charge in [0.1, 0.15) is 0 Å². The molecule has 4 unspecified atom stereocenters. The summed E-state index contributed by atoms with van der Waals surface area (Å²) < 4.78 is 0. The van der Waals surface area contributed by atoms with Gasteiger partial charge in [-0.05, 0) is 109 Å². The Morgan fingerprint density at radius 2 is 1.24 bits per heavy atom. The predicted octanol–water partition coefficient (Wildman–Crippen LogP) is 13.1. The van der Waals surface area contributed by atoms with E-state index in [4.69, 9.17) is 0 Å². The van der Waals surface area contributed by atoms with Crippen molar-refractivity contribution in [3.05, 3.63) is 209 Å². The molecular formula is C52H46N2. The third kappa shape index (κ3) is 5.91. The Morgan fingerprint density at radius 3 is 2.11 bits per heavy atom. The van der Waals surface area contributed by atoms with Gasteiger partial charge in [0.25, 0.3) is 0 Å². The van der Waals surface area contributed by atoms with E-state index in [1.165, 1.54) is 67.2 Å². The van der Waals surface area contributed by atoms with Crippen molar-refractivity contribution < 1.29 is 0 Å². The van der Waals surface area contributed by atoms with Crippen molar-refractivity contribution in [3.8, 4) is 0 Å². The highest BCUT2D eigenvalue weighted by Crippen LogP contribution is 2.45. The summed E-state index contributed by atoms with van der Waals surface area (Å²) in [4.78, 5) is 5.10. The van der Waals surface area contributed by atoms with Gasteiger partial charge in [0.05, 0.1) is 11.4 Å². The zero-order valence-corrected chi connectivity index (χ0v) is 30.8. The van der Waals surface area contributed by atoms with Crippen LogP contribution in [-0.4, -0.2) is 0 Å². The molecule has 0 aliphatic heterocycles. The average Bonchev–Trinajstić information content (AvgIpc) is 3.25. The first-order chi connectivity index (χ1) is 26.8. The summed E-state index contributed by atoms with van der Waals surface area (Å²) in [5.74, 6) is 1.56. The lowest BCUT2D eigenvalue weighted by Gasteiger charge is -2.38. The first-order valence-corrected chi connectivity index (χ1v) is 20.0. The van der Waals surface area contributed by atoms with Crippen molar-refractivity contribution in [1.29, 1.82) is 0 Å². The summed E-state index contributed by atoms with van der Waals surface area (Å²) in [5, 5.41) is 2.55. The SMILES string of the molecule is C1=CC2C=CC=C(N(C3=CCC(C4C=CC(N(c5cccc6c5C=CCC6)c5cccc6c5CCC=C6)=CC4)C=C3)c3cccc4ccccc34)C2C=C1. The fourth-order valence-corrected chi connectivity index (χ4v) is 9.49. The molecule has 0 spiro atoms. The van der Waals surface area contributed by atoms with Crippen LogP contribution in [0.15, 0.2) is 187 Å². The molecule has 10 rings (SSSR count). The van der Waals surface area contributed by atoms with Crippen molar-refractivity contribution in [2.75, 3.05) is 9.80 Å². The molecule has 2 nitrogen and oxygen atoms in total. The van der Waals surface area contributed by atoms with Gasteiger partial charge in [-0.3, -0.25) is 0 Å². The van der Waals surface area contributed by atoms with Crippen LogP contribution in [0.1, 0.15) is 47.9 Å². The molecule has 264 valence electrons. The quantitative estimate of drug-likeness (QED) is 0.190. The van der Waals surface area contributed by atoms with Crippen LogP contribution in [-0.2, 0) is 12.8 Å². The smallest absolute Gasteiger partial charge is 0.0536 e. The lowest BCUT2D eigenvalue weighted by molar-refractivity contribution is 0.473. The fraction of sp³-hybridized carbons (Fsp3) is 0.192. The molecule has 0 saturated heterocycles. The molecule has 0 aromatic heterocycles. The van der Waals surface area contributed by atoms with E-state index in [1.807, 2.05) is 0 Å². The number of allylic oxidation sites excluding steroid dienone is 15. The summed E-state index contributed by atoms with van der Waals surface area (Å²) in [6.07, 6.45) is 46.5. The van der Waals surface area contributed by atoms with E-state index in [0.717, 1.165) is 38.5 Å². The third-order valence-electron chi connectivity index (χ3n) is 12.2. The second kappa shape index (κ2) is 14.2. The molecule has 6 aliphatic carbocycles. The molecule has 0 fully saturated rings. The first kappa shape index (κ1) is 32.8. The lowest BCUT2D eigenvalue weighted by Crippen LogP contribution is -2.31. The van der Waals surface area contributed by atoms with Crippen molar-refractivity contribution in [2.24, 2.45) is 23.7 Å². The Hall–Kier alpha value is -5.86. The molecule has 4 aromatic rings. The van der Waals surface area contributed by atoms with Crippen LogP contribution in [0, 0.1) is 23.7 Å². The van der Waals surface area contributed by atoms with Gasteiger partial charge in [0.2, 0.25) is 0 Å². The highest BCUT2D eigenvalue weighted by Gasteiger charge is 2.31. The maximum atomic E-state index is 2.56. The second-order valence-corrected chi connectivity index (χ2v) is 15.4. The van der Waals surface area contributed by atoms with Gasteiger partial charge in [0.15, 0.2) is 0 Å². The third-order valence-corrected chi connectivity index (χ3v) is 12.2. The Morgan fingerprint density at radius 1 is 0.537 bits per heavy atom.